The van der Waals surface area contributed by atoms with Gasteiger partial charge in [-0.1, -0.05) is 18.2 Å². The van der Waals surface area contributed by atoms with Crippen molar-refractivity contribution in [3.63, 3.8) is 0 Å². The molecule has 118 valence electrons. The fourth-order valence-electron chi connectivity index (χ4n) is 3.02. The molecule has 23 heavy (non-hydrogen) atoms. The van der Waals surface area contributed by atoms with Gasteiger partial charge in [0.25, 0.3) is 0 Å². The molecule has 1 aliphatic carbocycles. The van der Waals surface area contributed by atoms with Crippen LogP contribution in [-0.2, 0) is 17.9 Å². The number of hydrogen-bond acceptors (Lipinski definition) is 2. The highest BCUT2D eigenvalue weighted by molar-refractivity contribution is 5.83. The number of carbonyl (C=O) groups is 1. The van der Waals surface area contributed by atoms with Crippen LogP contribution >= 0.6 is 0 Å². The lowest BCUT2D eigenvalue weighted by Gasteiger charge is -2.10. The maximum absolute atomic E-state index is 12.2. The van der Waals surface area contributed by atoms with Crippen molar-refractivity contribution < 1.29 is 4.79 Å². The molecule has 5 nitrogen and oxygen atoms in total. The first-order valence-electron chi connectivity index (χ1n) is 8.13. The fraction of sp³-hybridized carbons (Fsp3) is 0.333. The first kappa shape index (κ1) is 14.1. The first-order chi connectivity index (χ1) is 11.3. The smallest absolute Gasteiger partial charge is 0.240 e. The summed E-state index contributed by atoms with van der Waals surface area (Å²) >= 11 is 0. The Labute approximate surface area is 134 Å². The van der Waals surface area contributed by atoms with E-state index in [0.717, 1.165) is 23.3 Å². The summed E-state index contributed by atoms with van der Waals surface area (Å²) in [6.07, 6.45) is 8.29. The molecule has 1 aromatic carbocycles. The summed E-state index contributed by atoms with van der Waals surface area (Å²) in [4.78, 5) is 16.6. The van der Waals surface area contributed by atoms with Crippen molar-refractivity contribution in [1.82, 2.24) is 19.4 Å². The summed E-state index contributed by atoms with van der Waals surface area (Å²) in [7, 11) is 0. The van der Waals surface area contributed by atoms with Crippen molar-refractivity contribution in [2.24, 2.45) is 0 Å². The molecular weight excluding hydrogens is 288 g/mol. The molecule has 1 amide bonds. The number of para-hydroxylation sites is 1. The molecule has 2 heterocycles. The first-order valence-corrected chi connectivity index (χ1v) is 8.13. The van der Waals surface area contributed by atoms with Gasteiger partial charge >= 0.3 is 0 Å². The molecule has 2 aromatic heterocycles. The highest BCUT2D eigenvalue weighted by Crippen LogP contribution is 2.38. The van der Waals surface area contributed by atoms with E-state index in [1.165, 1.54) is 12.8 Å². The summed E-state index contributed by atoms with van der Waals surface area (Å²) in [6, 6.07) is 10.1. The summed E-state index contributed by atoms with van der Waals surface area (Å²) in [5.74, 6) is 1.84. The number of amides is 1. The molecular formula is C18H20N4O. The number of fused-ring (bicyclic) bond motifs is 1. The van der Waals surface area contributed by atoms with Crippen LogP contribution in [0.2, 0.25) is 0 Å². The summed E-state index contributed by atoms with van der Waals surface area (Å²) in [5.41, 5.74) is 1.09. The number of nitrogens with one attached hydrogen (secondary N) is 1. The monoisotopic (exact) mass is 308 g/mol. The highest BCUT2D eigenvalue weighted by atomic mass is 16.1. The lowest BCUT2D eigenvalue weighted by molar-refractivity contribution is -0.121. The van der Waals surface area contributed by atoms with E-state index in [1.807, 2.05) is 47.4 Å². The van der Waals surface area contributed by atoms with Gasteiger partial charge < -0.3 is 14.5 Å². The molecule has 0 bridgehead atoms. The third-order valence-electron chi connectivity index (χ3n) is 4.36. The van der Waals surface area contributed by atoms with Crippen LogP contribution in [0.4, 0.5) is 0 Å². The van der Waals surface area contributed by atoms with Crippen molar-refractivity contribution in [1.29, 1.82) is 0 Å². The molecule has 1 aliphatic rings. The number of hydrogen-bond donors (Lipinski definition) is 1. The van der Waals surface area contributed by atoms with E-state index in [-0.39, 0.29) is 5.91 Å². The Morgan fingerprint density at radius 2 is 2.04 bits per heavy atom. The normalized spacial score (nSPS) is 14.3. The third kappa shape index (κ3) is 2.99. The van der Waals surface area contributed by atoms with Gasteiger partial charge in [0, 0.05) is 43.1 Å². The molecule has 0 aliphatic heterocycles. The maximum atomic E-state index is 12.2. The van der Waals surface area contributed by atoms with Gasteiger partial charge in [-0.2, -0.15) is 0 Å². The average Bonchev–Trinajstić information content (AvgIpc) is 3.17. The maximum Gasteiger partial charge on any atom is 0.240 e. The Balaban J connectivity index is 1.32. The predicted molar refractivity (Wildman–Crippen MR) is 89.1 cm³/mol. The van der Waals surface area contributed by atoms with Gasteiger partial charge in [0.2, 0.25) is 5.91 Å². The quantitative estimate of drug-likeness (QED) is 0.761. The van der Waals surface area contributed by atoms with E-state index in [2.05, 4.69) is 20.9 Å². The van der Waals surface area contributed by atoms with E-state index in [0.29, 0.717) is 19.0 Å². The molecule has 0 unspecified atom stereocenters. The van der Waals surface area contributed by atoms with Gasteiger partial charge in [0.1, 0.15) is 12.4 Å². The summed E-state index contributed by atoms with van der Waals surface area (Å²) in [6.45, 7) is 1.77. The number of imidazole rings is 1. The van der Waals surface area contributed by atoms with E-state index in [9.17, 15) is 4.79 Å². The molecule has 0 atom stereocenters. The van der Waals surface area contributed by atoms with Gasteiger partial charge in [0.15, 0.2) is 0 Å². The van der Waals surface area contributed by atoms with Crippen molar-refractivity contribution >= 4 is 16.8 Å². The van der Waals surface area contributed by atoms with Crippen LogP contribution in [0.15, 0.2) is 48.9 Å². The Bertz CT molecular complexity index is 828. The second kappa shape index (κ2) is 5.91. The standard InChI is InChI=1S/C18H20N4O/c23-17(13-22-10-7-14-3-1-2-4-16(14)22)19-8-11-21-12-9-20-18(21)15-5-6-15/h1-4,7,9-10,12,15H,5-6,8,11,13H2,(H,19,23). The van der Waals surface area contributed by atoms with Crippen LogP contribution in [-0.4, -0.2) is 26.6 Å². The second-order valence-corrected chi connectivity index (χ2v) is 6.11. The van der Waals surface area contributed by atoms with Crippen LogP contribution in [0.5, 0.6) is 0 Å². The van der Waals surface area contributed by atoms with Gasteiger partial charge in [-0.25, -0.2) is 4.98 Å². The molecule has 0 spiro atoms. The Morgan fingerprint density at radius 1 is 1.17 bits per heavy atom. The van der Waals surface area contributed by atoms with Crippen LogP contribution in [0.1, 0.15) is 24.6 Å². The van der Waals surface area contributed by atoms with E-state index in [4.69, 9.17) is 0 Å². The van der Waals surface area contributed by atoms with Crippen molar-refractivity contribution in [3.05, 3.63) is 54.7 Å². The fourth-order valence-corrected chi connectivity index (χ4v) is 3.02. The summed E-state index contributed by atoms with van der Waals surface area (Å²) in [5, 5.41) is 4.16. The summed E-state index contributed by atoms with van der Waals surface area (Å²) < 4.78 is 4.14. The van der Waals surface area contributed by atoms with Gasteiger partial charge in [-0.05, 0) is 30.4 Å². The Kier molecular flexibility index (Phi) is 3.61. The second-order valence-electron chi connectivity index (χ2n) is 6.11. The number of carbonyl (C=O) groups excluding carboxylic acids is 1. The van der Waals surface area contributed by atoms with E-state index < -0.39 is 0 Å². The zero-order chi connectivity index (χ0) is 15.6. The lowest BCUT2D eigenvalue weighted by Crippen LogP contribution is -2.30. The topological polar surface area (TPSA) is 51.9 Å². The Morgan fingerprint density at radius 3 is 2.91 bits per heavy atom. The van der Waals surface area contributed by atoms with Crippen molar-refractivity contribution in [2.75, 3.05) is 6.54 Å². The number of nitrogens with zero attached hydrogens (tertiary/aromatic N) is 3. The zero-order valence-corrected chi connectivity index (χ0v) is 13.0. The van der Waals surface area contributed by atoms with Crippen LogP contribution in [0, 0.1) is 0 Å². The number of benzene rings is 1. The van der Waals surface area contributed by atoms with Crippen molar-refractivity contribution in [2.45, 2.75) is 31.8 Å². The predicted octanol–water partition coefficient (Wildman–Crippen LogP) is 2.53. The van der Waals surface area contributed by atoms with E-state index >= 15 is 0 Å². The molecule has 1 saturated carbocycles. The molecule has 0 radical (unpaired) electrons. The highest BCUT2D eigenvalue weighted by Gasteiger charge is 2.27. The molecule has 5 heteroatoms. The molecule has 1 N–H and O–H groups in total. The number of aromatic nitrogens is 3. The molecule has 3 aromatic rings. The zero-order valence-electron chi connectivity index (χ0n) is 13.0. The van der Waals surface area contributed by atoms with Gasteiger partial charge in [-0.3, -0.25) is 4.79 Å². The third-order valence-corrected chi connectivity index (χ3v) is 4.36. The van der Waals surface area contributed by atoms with Crippen LogP contribution < -0.4 is 5.32 Å². The molecule has 1 fully saturated rings. The lowest BCUT2D eigenvalue weighted by atomic mass is 10.2. The molecule has 0 saturated heterocycles. The number of rotatable bonds is 6. The van der Waals surface area contributed by atoms with Crippen LogP contribution in [0.25, 0.3) is 10.9 Å². The minimum atomic E-state index is 0.0411. The van der Waals surface area contributed by atoms with E-state index in [1.54, 1.807) is 0 Å². The van der Waals surface area contributed by atoms with Gasteiger partial charge in [-0.15, -0.1) is 0 Å². The SMILES string of the molecule is O=C(Cn1ccc2ccccc21)NCCn1ccnc1C1CC1. The minimum absolute atomic E-state index is 0.0411. The van der Waals surface area contributed by atoms with Crippen molar-refractivity contribution in [3.8, 4) is 0 Å². The largest absolute Gasteiger partial charge is 0.353 e. The minimum Gasteiger partial charge on any atom is -0.353 e. The molecule has 4 rings (SSSR count). The van der Waals surface area contributed by atoms with Gasteiger partial charge in [0.05, 0.1) is 0 Å². The van der Waals surface area contributed by atoms with Crippen LogP contribution in [0.3, 0.4) is 0 Å². The Hall–Kier alpha value is -2.56. The average molecular weight is 308 g/mol.